The smallest absolute Gasteiger partial charge is 0.364 e. The number of hydrogen-bond donors (Lipinski definition) is 2. The molecule has 1 aliphatic carbocycles. The minimum atomic E-state index is -6.79. The maximum absolute atomic E-state index is 13.3. The third kappa shape index (κ3) is 1.10. The first-order chi connectivity index (χ1) is 8.14. The van der Waals surface area contributed by atoms with Crippen molar-refractivity contribution >= 4 is 11.9 Å². The Bertz CT molecular complexity index is 422. The normalized spacial score (nSPS) is 38.9. The fraction of sp³-hybridized carbons (Fsp3) is 0.714. The van der Waals surface area contributed by atoms with Crippen LogP contribution in [0.3, 0.4) is 0 Å². The lowest BCUT2D eigenvalue weighted by atomic mass is 9.93. The molecule has 2 atom stereocenters. The molecule has 0 heterocycles. The van der Waals surface area contributed by atoms with Gasteiger partial charge in [0.2, 0.25) is 0 Å². The molecule has 110 valence electrons. The Morgan fingerprint density at radius 2 is 0.789 bits per heavy atom. The molecule has 1 aliphatic rings. The van der Waals surface area contributed by atoms with Crippen LogP contribution in [0.2, 0.25) is 0 Å². The fourth-order valence-electron chi connectivity index (χ4n) is 1.60. The Labute approximate surface area is 97.2 Å². The molecular weight excluding hydrogens is 300 g/mol. The second-order valence-electron chi connectivity index (χ2n) is 3.65. The summed E-state index contributed by atoms with van der Waals surface area (Å²) in [4.78, 5) is 20.2. The van der Waals surface area contributed by atoms with Crippen molar-refractivity contribution in [2.75, 3.05) is 0 Å². The molecule has 1 fully saturated rings. The average Bonchev–Trinajstić information content (AvgIpc) is 2.29. The number of alkyl halides is 8. The van der Waals surface area contributed by atoms with Gasteiger partial charge in [-0.25, -0.2) is 18.4 Å². The Balaban J connectivity index is 3.86. The molecule has 4 nitrogen and oxygen atoms in total. The lowest BCUT2D eigenvalue weighted by Crippen LogP contribution is -2.62. The third-order valence-corrected chi connectivity index (χ3v) is 2.71. The van der Waals surface area contributed by atoms with Crippen LogP contribution in [0.25, 0.3) is 0 Å². The van der Waals surface area contributed by atoms with Crippen molar-refractivity contribution in [3.8, 4) is 0 Å². The number of aliphatic carboxylic acids is 2. The first-order valence-corrected chi connectivity index (χ1v) is 4.12. The van der Waals surface area contributed by atoms with Crippen molar-refractivity contribution in [2.45, 2.75) is 29.1 Å². The van der Waals surface area contributed by atoms with E-state index in [0.29, 0.717) is 0 Å². The molecule has 2 unspecified atom stereocenters. The molecule has 19 heavy (non-hydrogen) atoms. The van der Waals surface area contributed by atoms with Gasteiger partial charge in [0.05, 0.1) is 0 Å². The standard InChI is InChI=1S/C7H2F8O4/c8-3(1(16)17)5(10,11)4(9,2(18)19)7(14,15)6(3,12)13/h(H,16,17)(H,18,19). The summed E-state index contributed by atoms with van der Waals surface area (Å²) in [5, 5.41) is 15.9. The minimum absolute atomic E-state index is 3.82. The molecule has 1 rings (SSSR count). The van der Waals surface area contributed by atoms with Crippen LogP contribution in [-0.2, 0) is 9.59 Å². The molecule has 0 radical (unpaired) electrons. The molecule has 0 bridgehead atoms. The largest absolute Gasteiger partial charge is 0.479 e. The van der Waals surface area contributed by atoms with E-state index in [4.69, 9.17) is 10.2 Å². The number of halogens is 8. The van der Waals surface area contributed by atoms with E-state index >= 15 is 0 Å². The molecule has 0 spiro atoms. The van der Waals surface area contributed by atoms with Gasteiger partial charge in [-0.3, -0.25) is 0 Å². The summed E-state index contributed by atoms with van der Waals surface area (Å²) in [6, 6.07) is 0. The van der Waals surface area contributed by atoms with Gasteiger partial charge >= 0.3 is 41.0 Å². The molecule has 0 aliphatic heterocycles. The Hall–Kier alpha value is -1.62. The summed E-state index contributed by atoms with van der Waals surface area (Å²) in [7, 11) is 0. The molecule has 12 heteroatoms. The fourth-order valence-corrected chi connectivity index (χ4v) is 1.60. The van der Waals surface area contributed by atoms with Crippen molar-refractivity contribution in [1.82, 2.24) is 0 Å². The van der Waals surface area contributed by atoms with Gasteiger partial charge in [-0.1, -0.05) is 0 Å². The molecule has 0 amide bonds. The van der Waals surface area contributed by atoms with E-state index in [-0.39, 0.29) is 0 Å². The second-order valence-corrected chi connectivity index (χ2v) is 3.65. The highest BCUT2D eigenvalue weighted by Gasteiger charge is 3.04. The van der Waals surface area contributed by atoms with Gasteiger partial charge in [0.25, 0.3) is 0 Å². The minimum Gasteiger partial charge on any atom is -0.479 e. The lowest BCUT2D eigenvalue weighted by molar-refractivity contribution is -0.263. The van der Waals surface area contributed by atoms with Gasteiger partial charge < -0.3 is 10.2 Å². The highest BCUT2D eigenvalue weighted by molar-refractivity contribution is 5.90. The maximum atomic E-state index is 13.3. The van der Waals surface area contributed by atoms with Crippen LogP contribution in [-0.4, -0.2) is 51.3 Å². The molecule has 0 aromatic heterocycles. The number of rotatable bonds is 2. The quantitative estimate of drug-likeness (QED) is 0.758. The monoisotopic (exact) mass is 302 g/mol. The van der Waals surface area contributed by atoms with Crippen LogP contribution >= 0.6 is 0 Å². The number of carboxylic acid groups (broad SMARTS) is 2. The third-order valence-electron chi connectivity index (χ3n) is 2.71. The molecule has 0 saturated heterocycles. The molecule has 2 N–H and O–H groups in total. The predicted molar refractivity (Wildman–Crippen MR) is 37.8 cm³/mol. The zero-order valence-corrected chi connectivity index (χ0v) is 8.23. The molecule has 0 aromatic rings. The summed E-state index contributed by atoms with van der Waals surface area (Å²) in [5.74, 6) is -27.9. The van der Waals surface area contributed by atoms with Crippen molar-refractivity contribution in [3.63, 3.8) is 0 Å². The van der Waals surface area contributed by atoms with Gasteiger partial charge in [-0.2, -0.15) is 26.3 Å². The number of hydrogen-bond acceptors (Lipinski definition) is 2. The topological polar surface area (TPSA) is 74.6 Å². The van der Waals surface area contributed by atoms with E-state index in [1.807, 2.05) is 0 Å². The van der Waals surface area contributed by atoms with E-state index in [0.717, 1.165) is 0 Å². The van der Waals surface area contributed by atoms with Crippen LogP contribution in [0.4, 0.5) is 35.1 Å². The lowest BCUT2D eigenvalue weighted by Gasteiger charge is -2.27. The highest BCUT2D eigenvalue weighted by Crippen LogP contribution is 2.68. The average molecular weight is 302 g/mol. The summed E-state index contributed by atoms with van der Waals surface area (Å²) in [6.45, 7) is 0. The van der Waals surface area contributed by atoms with E-state index in [1.165, 1.54) is 0 Å². The predicted octanol–water partition coefficient (Wildman–Crippen LogP) is 1.49. The van der Waals surface area contributed by atoms with Crippen LogP contribution in [0.1, 0.15) is 0 Å². The Morgan fingerprint density at radius 1 is 0.579 bits per heavy atom. The Morgan fingerprint density at radius 3 is 0.895 bits per heavy atom. The van der Waals surface area contributed by atoms with Gasteiger partial charge in [-0.15, -0.1) is 0 Å². The molecular formula is C7H2F8O4. The molecule has 1 saturated carbocycles. The first-order valence-electron chi connectivity index (χ1n) is 4.12. The van der Waals surface area contributed by atoms with Crippen molar-refractivity contribution < 1.29 is 54.9 Å². The maximum Gasteiger partial charge on any atom is 0.364 e. The van der Waals surface area contributed by atoms with Crippen LogP contribution < -0.4 is 0 Å². The van der Waals surface area contributed by atoms with E-state index < -0.39 is 41.0 Å². The van der Waals surface area contributed by atoms with Gasteiger partial charge in [-0.05, 0) is 0 Å². The van der Waals surface area contributed by atoms with Crippen LogP contribution in [0, 0.1) is 0 Å². The summed E-state index contributed by atoms with van der Waals surface area (Å²) in [5.41, 5.74) is -12.8. The zero-order valence-electron chi connectivity index (χ0n) is 8.23. The van der Waals surface area contributed by atoms with E-state index in [2.05, 4.69) is 0 Å². The summed E-state index contributed by atoms with van der Waals surface area (Å²) in [6.07, 6.45) is 0. The van der Waals surface area contributed by atoms with Gasteiger partial charge in [0.15, 0.2) is 0 Å². The van der Waals surface area contributed by atoms with E-state index in [1.54, 1.807) is 0 Å². The highest BCUT2D eigenvalue weighted by atomic mass is 19.3. The number of carbonyl (C=O) groups is 2. The SMILES string of the molecule is O=C(O)C1(F)C(F)(F)C(F)(F)C(F)(C(=O)O)C1(F)F. The van der Waals surface area contributed by atoms with Gasteiger partial charge in [0.1, 0.15) is 0 Å². The van der Waals surface area contributed by atoms with Crippen LogP contribution in [0.15, 0.2) is 0 Å². The molecule has 0 aromatic carbocycles. The second kappa shape index (κ2) is 3.28. The van der Waals surface area contributed by atoms with E-state index in [9.17, 15) is 44.7 Å². The zero-order chi connectivity index (χ0) is 15.7. The first kappa shape index (κ1) is 15.4. The van der Waals surface area contributed by atoms with Crippen molar-refractivity contribution in [3.05, 3.63) is 0 Å². The summed E-state index contributed by atoms with van der Waals surface area (Å²) >= 11 is 0. The van der Waals surface area contributed by atoms with Crippen LogP contribution in [0.5, 0.6) is 0 Å². The van der Waals surface area contributed by atoms with Gasteiger partial charge in [0, 0.05) is 0 Å². The number of carboxylic acids is 2. The van der Waals surface area contributed by atoms with Crippen molar-refractivity contribution in [2.24, 2.45) is 0 Å². The Kier molecular flexibility index (Phi) is 2.66. The summed E-state index contributed by atoms with van der Waals surface area (Å²) < 4.78 is 104. The van der Waals surface area contributed by atoms with Crippen molar-refractivity contribution in [1.29, 1.82) is 0 Å².